The van der Waals surface area contributed by atoms with Crippen molar-refractivity contribution >= 4 is 23.2 Å². The van der Waals surface area contributed by atoms with Gasteiger partial charge in [-0.25, -0.2) is 0 Å². The van der Waals surface area contributed by atoms with E-state index in [1.165, 1.54) is 5.56 Å². The second-order valence-corrected chi connectivity index (χ2v) is 7.71. The van der Waals surface area contributed by atoms with Gasteiger partial charge in [-0.1, -0.05) is 0 Å². The number of carbonyl (C=O) groups excluding carboxylic acids is 2. The molecular formula is C18H28N4O3S. The maximum Gasteiger partial charge on any atom is 0.236 e. The second kappa shape index (κ2) is 9.45. The summed E-state index contributed by atoms with van der Waals surface area (Å²) in [5.41, 5.74) is 1.18. The predicted octanol–water partition coefficient (Wildman–Crippen LogP) is 0.183. The standard InChI is InChI=1S/C18H28N4O3S/c1-19(12-16-2-11-26-15-16)17(23)13-20-3-5-21(6-4-20)14-18(24)22-7-9-25-10-8-22/h2,11,15H,3-10,12-14H2,1H3. The third-order valence-corrected chi connectivity index (χ3v) is 5.70. The Balaban J connectivity index is 1.36. The van der Waals surface area contributed by atoms with Crippen LogP contribution in [0.25, 0.3) is 0 Å². The number of morpholine rings is 1. The Bertz CT molecular complexity index is 581. The summed E-state index contributed by atoms with van der Waals surface area (Å²) in [5.74, 6) is 0.336. The van der Waals surface area contributed by atoms with E-state index in [0.717, 1.165) is 26.2 Å². The van der Waals surface area contributed by atoms with Crippen molar-refractivity contribution in [1.29, 1.82) is 0 Å². The van der Waals surface area contributed by atoms with Crippen molar-refractivity contribution in [3.05, 3.63) is 22.4 Å². The highest BCUT2D eigenvalue weighted by atomic mass is 32.1. The minimum absolute atomic E-state index is 0.147. The molecule has 7 nitrogen and oxygen atoms in total. The second-order valence-electron chi connectivity index (χ2n) is 6.93. The van der Waals surface area contributed by atoms with Crippen LogP contribution in [-0.4, -0.2) is 104 Å². The highest BCUT2D eigenvalue weighted by molar-refractivity contribution is 7.07. The molecule has 0 unspecified atom stereocenters. The minimum Gasteiger partial charge on any atom is -0.378 e. The van der Waals surface area contributed by atoms with Crippen molar-refractivity contribution < 1.29 is 14.3 Å². The lowest BCUT2D eigenvalue weighted by molar-refractivity contribution is -0.137. The van der Waals surface area contributed by atoms with Crippen LogP contribution in [0.1, 0.15) is 5.56 Å². The topological polar surface area (TPSA) is 56.3 Å². The van der Waals surface area contributed by atoms with E-state index >= 15 is 0 Å². The van der Waals surface area contributed by atoms with Crippen LogP contribution in [0.2, 0.25) is 0 Å². The highest BCUT2D eigenvalue weighted by Crippen LogP contribution is 2.09. The molecule has 3 heterocycles. The zero-order chi connectivity index (χ0) is 18.4. The summed E-state index contributed by atoms with van der Waals surface area (Å²) in [6.07, 6.45) is 0. The summed E-state index contributed by atoms with van der Waals surface area (Å²) in [6, 6.07) is 2.05. The molecule has 26 heavy (non-hydrogen) atoms. The molecule has 2 saturated heterocycles. The van der Waals surface area contributed by atoms with Crippen LogP contribution >= 0.6 is 11.3 Å². The van der Waals surface area contributed by atoms with Crippen molar-refractivity contribution in [2.24, 2.45) is 0 Å². The number of piperazine rings is 1. The van der Waals surface area contributed by atoms with Crippen LogP contribution in [0.15, 0.2) is 16.8 Å². The number of thiophene rings is 1. The van der Waals surface area contributed by atoms with Gasteiger partial charge in [0.25, 0.3) is 0 Å². The van der Waals surface area contributed by atoms with E-state index < -0.39 is 0 Å². The summed E-state index contributed by atoms with van der Waals surface area (Å²) < 4.78 is 5.29. The summed E-state index contributed by atoms with van der Waals surface area (Å²) in [5, 5.41) is 4.11. The molecule has 1 aromatic rings. The fourth-order valence-corrected chi connectivity index (χ4v) is 3.93. The lowest BCUT2D eigenvalue weighted by Crippen LogP contribution is -2.53. The Labute approximate surface area is 159 Å². The molecule has 0 spiro atoms. The van der Waals surface area contributed by atoms with Crippen molar-refractivity contribution in [2.75, 3.05) is 72.6 Å². The third-order valence-electron chi connectivity index (χ3n) is 4.97. The van der Waals surface area contributed by atoms with Crippen LogP contribution in [0.5, 0.6) is 0 Å². The van der Waals surface area contributed by atoms with E-state index in [9.17, 15) is 9.59 Å². The fraction of sp³-hybridized carbons (Fsp3) is 0.667. The van der Waals surface area contributed by atoms with E-state index in [-0.39, 0.29) is 11.8 Å². The van der Waals surface area contributed by atoms with Crippen molar-refractivity contribution in [3.8, 4) is 0 Å². The number of ether oxygens (including phenoxy) is 1. The van der Waals surface area contributed by atoms with Crippen LogP contribution < -0.4 is 0 Å². The molecule has 0 bridgehead atoms. The molecule has 2 aliphatic heterocycles. The quantitative estimate of drug-likeness (QED) is 0.705. The first-order valence-corrected chi connectivity index (χ1v) is 10.1. The summed E-state index contributed by atoms with van der Waals surface area (Å²) in [7, 11) is 1.86. The van der Waals surface area contributed by atoms with E-state index in [1.54, 1.807) is 16.2 Å². The molecule has 1 aromatic heterocycles. The molecule has 2 aliphatic rings. The maximum atomic E-state index is 12.4. The molecule has 0 saturated carbocycles. The Morgan fingerprint density at radius 2 is 1.73 bits per heavy atom. The van der Waals surface area contributed by atoms with Crippen LogP contribution in [0, 0.1) is 0 Å². The molecule has 2 fully saturated rings. The van der Waals surface area contributed by atoms with Gasteiger partial charge in [-0.3, -0.25) is 19.4 Å². The zero-order valence-electron chi connectivity index (χ0n) is 15.4. The number of hydrogen-bond donors (Lipinski definition) is 0. The Kier molecular flexibility index (Phi) is 7.01. The fourth-order valence-electron chi connectivity index (χ4n) is 3.27. The number of nitrogens with zero attached hydrogens (tertiary/aromatic N) is 4. The lowest BCUT2D eigenvalue weighted by Gasteiger charge is -2.36. The third kappa shape index (κ3) is 5.51. The number of likely N-dealkylation sites (N-methyl/N-ethyl adjacent to an activating group) is 1. The van der Waals surface area contributed by atoms with Gasteiger partial charge in [0.05, 0.1) is 26.3 Å². The van der Waals surface area contributed by atoms with Crippen LogP contribution in [0.3, 0.4) is 0 Å². The number of amides is 2. The molecule has 8 heteroatoms. The van der Waals surface area contributed by atoms with E-state index in [0.29, 0.717) is 45.9 Å². The van der Waals surface area contributed by atoms with Gasteiger partial charge < -0.3 is 14.5 Å². The van der Waals surface area contributed by atoms with Gasteiger partial charge in [-0.15, -0.1) is 0 Å². The van der Waals surface area contributed by atoms with Gasteiger partial charge >= 0.3 is 0 Å². The molecule has 0 aliphatic carbocycles. The first-order valence-electron chi connectivity index (χ1n) is 9.17. The zero-order valence-corrected chi connectivity index (χ0v) is 16.2. The highest BCUT2D eigenvalue weighted by Gasteiger charge is 2.24. The first-order chi connectivity index (χ1) is 12.6. The molecule has 2 amide bonds. The molecule has 0 aromatic carbocycles. The van der Waals surface area contributed by atoms with Gasteiger partial charge in [-0.05, 0) is 22.4 Å². The van der Waals surface area contributed by atoms with Crippen molar-refractivity contribution in [3.63, 3.8) is 0 Å². The largest absolute Gasteiger partial charge is 0.378 e. The van der Waals surface area contributed by atoms with Crippen molar-refractivity contribution in [2.45, 2.75) is 6.54 Å². The molecule has 144 valence electrons. The van der Waals surface area contributed by atoms with Gasteiger partial charge in [0, 0.05) is 52.9 Å². The Morgan fingerprint density at radius 1 is 1.08 bits per heavy atom. The summed E-state index contributed by atoms with van der Waals surface area (Å²) in [6.45, 7) is 7.58. The van der Waals surface area contributed by atoms with E-state index in [2.05, 4.69) is 21.2 Å². The maximum absolute atomic E-state index is 12.4. The van der Waals surface area contributed by atoms with Crippen molar-refractivity contribution in [1.82, 2.24) is 19.6 Å². The Morgan fingerprint density at radius 3 is 2.35 bits per heavy atom. The van der Waals surface area contributed by atoms with Gasteiger partial charge in [0.1, 0.15) is 0 Å². The number of carbonyl (C=O) groups is 2. The van der Waals surface area contributed by atoms with E-state index in [4.69, 9.17) is 4.74 Å². The predicted molar refractivity (Wildman–Crippen MR) is 101 cm³/mol. The smallest absolute Gasteiger partial charge is 0.236 e. The van der Waals surface area contributed by atoms with E-state index in [1.807, 2.05) is 17.3 Å². The van der Waals surface area contributed by atoms with Crippen LogP contribution in [0.4, 0.5) is 0 Å². The summed E-state index contributed by atoms with van der Waals surface area (Å²) >= 11 is 1.65. The average Bonchev–Trinajstić information content (AvgIpc) is 3.17. The summed E-state index contributed by atoms with van der Waals surface area (Å²) in [4.78, 5) is 32.8. The van der Waals surface area contributed by atoms with Gasteiger partial charge in [-0.2, -0.15) is 11.3 Å². The molecule has 3 rings (SSSR count). The molecule has 0 atom stereocenters. The molecule has 0 N–H and O–H groups in total. The van der Waals surface area contributed by atoms with Gasteiger partial charge in [0.15, 0.2) is 0 Å². The van der Waals surface area contributed by atoms with Crippen LogP contribution in [-0.2, 0) is 20.9 Å². The number of hydrogen-bond acceptors (Lipinski definition) is 6. The lowest BCUT2D eigenvalue weighted by atomic mass is 10.2. The molecule has 0 radical (unpaired) electrons. The molecular weight excluding hydrogens is 352 g/mol. The number of rotatable bonds is 6. The minimum atomic E-state index is 0.147. The SMILES string of the molecule is CN(Cc1ccsc1)C(=O)CN1CCN(CC(=O)N2CCOCC2)CC1. The Hall–Kier alpha value is -1.48. The first kappa shape index (κ1) is 19.3. The average molecular weight is 381 g/mol. The normalized spacial score (nSPS) is 19.5. The van der Waals surface area contributed by atoms with Gasteiger partial charge in [0.2, 0.25) is 11.8 Å². The monoisotopic (exact) mass is 380 g/mol.